The highest BCUT2D eigenvalue weighted by Gasteiger charge is 2.35. The lowest BCUT2D eigenvalue weighted by atomic mass is 10.0. The number of nitrogens with zero attached hydrogens (tertiary/aromatic N) is 4. The molecule has 1 atom stereocenters. The van der Waals surface area contributed by atoms with Crippen LogP contribution in [0.15, 0.2) is 53.7 Å². The first kappa shape index (κ1) is 18.4. The molecule has 6 nitrogen and oxygen atoms in total. The van der Waals surface area contributed by atoms with E-state index in [1.165, 1.54) is 11.8 Å². The predicted octanol–water partition coefficient (Wildman–Crippen LogP) is 4.40. The Bertz CT molecular complexity index is 1040. The summed E-state index contributed by atoms with van der Waals surface area (Å²) in [4.78, 5) is 19.0. The maximum atomic E-state index is 12.7. The van der Waals surface area contributed by atoms with Crippen molar-refractivity contribution in [2.45, 2.75) is 32.2 Å². The van der Waals surface area contributed by atoms with E-state index in [1.54, 1.807) is 11.8 Å². The third kappa shape index (κ3) is 3.22. The smallest absolute Gasteiger partial charge is 0.247 e. The van der Waals surface area contributed by atoms with Gasteiger partial charge in [0.2, 0.25) is 23.2 Å². The Morgan fingerprint density at radius 3 is 2.64 bits per heavy atom. The summed E-state index contributed by atoms with van der Waals surface area (Å²) < 4.78 is 6.35. The van der Waals surface area contributed by atoms with Gasteiger partial charge in [0.1, 0.15) is 0 Å². The van der Waals surface area contributed by atoms with Crippen LogP contribution in [-0.2, 0) is 4.79 Å². The number of amides is 1. The largest absolute Gasteiger partial charge is 0.447 e. The van der Waals surface area contributed by atoms with Gasteiger partial charge in [0.15, 0.2) is 5.69 Å². The van der Waals surface area contributed by atoms with E-state index < -0.39 is 6.23 Å². The Balaban J connectivity index is 1.97. The standard InChI is InChI=1S/C21H20N4O2S/c1-4-28-21-22-19-18(23-24-21)16-11-7-8-12-17(16)25(14(3)26)20(27-19)15-10-6-5-9-13(15)2/h5-12,20H,4H2,1-3H3/t20-/m1/s1. The van der Waals surface area contributed by atoms with E-state index in [4.69, 9.17) is 4.74 Å². The van der Waals surface area contributed by atoms with Gasteiger partial charge in [-0.05, 0) is 24.3 Å². The van der Waals surface area contributed by atoms with Crippen LogP contribution in [0.1, 0.15) is 31.2 Å². The number of benzene rings is 2. The minimum absolute atomic E-state index is 0.121. The predicted molar refractivity (Wildman–Crippen MR) is 109 cm³/mol. The van der Waals surface area contributed by atoms with Crippen molar-refractivity contribution in [1.29, 1.82) is 0 Å². The molecule has 0 bridgehead atoms. The van der Waals surface area contributed by atoms with E-state index in [9.17, 15) is 4.79 Å². The fourth-order valence-corrected chi connectivity index (χ4v) is 3.81. The zero-order valence-corrected chi connectivity index (χ0v) is 16.7. The van der Waals surface area contributed by atoms with Gasteiger partial charge < -0.3 is 4.74 Å². The average molecular weight is 392 g/mol. The molecule has 1 aliphatic rings. The van der Waals surface area contributed by atoms with E-state index >= 15 is 0 Å². The molecule has 0 radical (unpaired) electrons. The number of fused-ring (bicyclic) bond motifs is 3. The van der Waals surface area contributed by atoms with Crippen LogP contribution in [0.4, 0.5) is 5.69 Å². The van der Waals surface area contributed by atoms with Gasteiger partial charge in [-0.1, -0.05) is 61.2 Å². The summed E-state index contributed by atoms with van der Waals surface area (Å²) in [5.74, 6) is 1.10. The molecule has 3 aromatic rings. The summed E-state index contributed by atoms with van der Waals surface area (Å²) in [6.07, 6.45) is -0.641. The Hall–Kier alpha value is -2.93. The highest BCUT2D eigenvalue weighted by Crippen LogP contribution is 2.43. The number of aromatic nitrogens is 3. The van der Waals surface area contributed by atoms with Crippen molar-refractivity contribution in [2.75, 3.05) is 10.7 Å². The van der Waals surface area contributed by atoms with Gasteiger partial charge in [0, 0.05) is 18.1 Å². The Kier molecular flexibility index (Phi) is 5.00. The summed E-state index contributed by atoms with van der Waals surface area (Å²) in [7, 11) is 0. The molecular weight excluding hydrogens is 372 g/mol. The Labute approximate surface area is 168 Å². The van der Waals surface area contributed by atoms with Crippen LogP contribution < -0.4 is 9.64 Å². The van der Waals surface area contributed by atoms with Gasteiger partial charge in [-0.3, -0.25) is 9.69 Å². The highest BCUT2D eigenvalue weighted by atomic mass is 32.2. The van der Waals surface area contributed by atoms with Crippen molar-refractivity contribution in [3.8, 4) is 17.1 Å². The molecule has 0 fully saturated rings. The lowest BCUT2D eigenvalue weighted by Crippen LogP contribution is -2.36. The van der Waals surface area contributed by atoms with Gasteiger partial charge >= 0.3 is 0 Å². The molecule has 0 spiro atoms. The molecule has 0 saturated carbocycles. The summed E-state index contributed by atoms with van der Waals surface area (Å²) >= 11 is 1.50. The van der Waals surface area contributed by atoms with Crippen LogP contribution in [0.25, 0.3) is 11.3 Å². The van der Waals surface area contributed by atoms with Crippen LogP contribution in [-0.4, -0.2) is 26.8 Å². The average Bonchev–Trinajstić information content (AvgIpc) is 2.83. The van der Waals surface area contributed by atoms with Crippen molar-refractivity contribution < 1.29 is 9.53 Å². The van der Waals surface area contributed by atoms with E-state index in [2.05, 4.69) is 15.2 Å². The molecule has 28 heavy (non-hydrogen) atoms. The van der Waals surface area contributed by atoms with Crippen LogP contribution in [0.3, 0.4) is 0 Å². The molecule has 2 aromatic carbocycles. The summed E-state index contributed by atoms with van der Waals surface area (Å²) in [5.41, 5.74) is 3.98. The molecule has 142 valence electrons. The number of aryl methyl sites for hydroxylation is 1. The normalized spacial score (nSPS) is 15.2. The fraction of sp³-hybridized carbons (Fsp3) is 0.238. The molecule has 2 heterocycles. The van der Waals surface area contributed by atoms with E-state index in [-0.39, 0.29) is 5.91 Å². The molecule has 0 unspecified atom stereocenters. The second-order valence-corrected chi connectivity index (χ2v) is 7.65. The van der Waals surface area contributed by atoms with Crippen LogP contribution in [0.5, 0.6) is 5.88 Å². The van der Waals surface area contributed by atoms with E-state index in [1.807, 2.05) is 62.4 Å². The molecule has 4 rings (SSSR count). The third-order valence-corrected chi connectivity index (χ3v) is 5.30. The lowest BCUT2D eigenvalue weighted by Gasteiger charge is -2.30. The first-order valence-corrected chi connectivity index (χ1v) is 10.1. The highest BCUT2D eigenvalue weighted by molar-refractivity contribution is 7.99. The molecule has 0 saturated heterocycles. The van der Waals surface area contributed by atoms with Crippen LogP contribution in [0, 0.1) is 6.92 Å². The SMILES string of the molecule is CCSc1nnc2c(n1)O[C@H](c1ccccc1C)N(C(C)=O)c1ccccc1-2. The van der Waals surface area contributed by atoms with Crippen molar-refractivity contribution in [3.63, 3.8) is 0 Å². The molecule has 0 aliphatic carbocycles. The Morgan fingerprint density at radius 1 is 1.14 bits per heavy atom. The monoisotopic (exact) mass is 392 g/mol. The van der Waals surface area contributed by atoms with Gasteiger partial charge in [-0.25, -0.2) is 0 Å². The first-order valence-electron chi connectivity index (χ1n) is 9.09. The van der Waals surface area contributed by atoms with Crippen molar-refractivity contribution in [3.05, 3.63) is 59.7 Å². The first-order chi connectivity index (χ1) is 13.6. The Morgan fingerprint density at radius 2 is 1.89 bits per heavy atom. The molecule has 1 aromatic heterocycles. The maximum absolute atomic E-state index is 12.7. The molecular formula is C21H20N4O2S. The van der Waals surface area contributed by atoms with Crippen molar-refractivity contribution in [1.82, 2.24) is 15.2 Å². The summed E-state index contributed by atoms with van der Waals surface area (Å²) in [6.45, 7) is 5.58. The number of hydrogen-bond acceptors (Lipinski definition) is 6. The zero-order chi connectivity index (χ0) is 19.7. The van der Waals surface area contributed by atoms with E-state index in [0.717, 1.165) is 28.1 Å². The number of hydrogen-bond donors (Lipinski definition) is 0. The van der Waals surface area contributed by atoms with Gasteiger partial charge in [0.05, 0.1) is 5.69 Å². The third-order valence-electron chi connectivity index (χ3n) is 4.58. The summed E-state index contributed by atoms with van der Waals surface area (Å²) in [5, 5.41) is 9.17. The molecule has 7 heteroatoms. The molecule has 1 amide bonds. The number of anilines is 1. The fourth-order valence-electron chi connectivity index (χ4n) is 3.31. The van der Waals surface area contributed by atoms with Gasteiger partial charge in [-0.15, -0.1) is 10.2 Å². The number of ether oxygens (including phenoxy) is 1. The minimum Gasteiger partial charge on any atom is -0.447 e. The number of thioether (sulfide) groups is 1. The zero-order valence-electron chi connectivity index (χ0n) is 15.9. The number of para-hydroxylation sites is 1. The molecule has 1 aliphatic heterocycles. The topological polar surface area (TPSA) is 68.2 Å². The van der Waals surface area contributed by atoms with Gasteiger partial charge in [-0.2, -0.15) is 4.98 Å². The number of carbonyl (C=O) groups excluding carboxylic acids is 1. The molecule has 0 N–H and O–H groups in total. The lowest BCUT2D eigenvalue weighted by molar-refractivity contribution is -0.118. The number of rotatable bonds is 3. The second kappa shape index (κ2) is 7.59. The maximum Gasteiger partial charge on any atom is 0.247 e. The summed E-state index contributed by atoms with van der Waals surface area (Å²) in [6, 6.07) is 15.5. The second-order valence-electron chi connectivity index (χ2n) is 6.41. The minimum atomic E-state index is -0.641. The van der Waals surface area contributed by atoms with Crippen LogP contribution >= 0.6 is 11.8 Å². The van der Waals surface area contributed by atoms with Crippen molar-refractivity contribution in [2.24, 2.45) is 0 Å². The van der Waals surface area contributed by atoms with Crippen molar-refractivity contribution >= 4 is 23.4 Å². The number of carbonyl (C=O) groups is 1. The van der Waals surface area contributed by atoms with E-state index in [0.29, 0.717) is 16.7 Å². The van der Waals surface area contributed by atoms with Gasteiger partial charge in [0.25, 0.3) is 0 Å². The van der Waals surface area contributed by atoms with Crippen LogP contribution in [0.2, 0.25) is 0 Å². The quantitative estimate of drug-likeness (QED) is 0.615.